The lowest BCUT2D eigenvalue weighted by atomic mass is 9.92. The summed E-state index contributed by atoms with van der Waals surface area (Å²) in [5.41, 5.74) is 0.0483. The fourth-order valence-corrected chi connectivity index (χ4v) is 3.35. The van der Waals surface area contributed by atoms with E-state index in [1.165, 1.54) is 4.90 Å². The van der Waals surface area contributed by atoms with Gasteiger partial charge in [0, 0.05) is 24.0 Å². The minimum atomic E-state index is -1.04. The summed E-state index contributed by atoms with van der Waals surface area (Å²) >= 11 is 0. The van der Waals surface area contributed by atoms with Crippen LogP contribution in [0.5, 0.6) is 0 Å². The fraction of sp³-hybridized carbons (Fsp3) is 0.421. The average molecular weight is 342 g/mol. The van der Waals surface area contributed by atoms with E-state index in [1.807, 2.05) is 30.3 Å². The molecule has 1 aliphatic rings. The topological polar surface area (TPSA) is 79.7 Å². The van der Waals surface area contributed by atoms with E-state index in [-0.39, 0.29) is 5.92 Å². The molecule has 25 heavy (non-hydrogen) atoms. The molecule has 0 radical (unpaired) electrons. The molecule has 1 amide bonds. The second kappa shape index (κ2) is 6.35. The normalized spacial score (nSPS) is 20.7. The van der Waals surface area contributed by atoms with Crippen LogP contribution in [0.2, 0.25) is 0 Å². The molecule has 2 heterocycles. The van der Waals surface area contributed by atoms with Gasteiger partial charge in [-0.15, -0.1) is 0 Å². The first kappa shape index (κ1) is 17.2. The maximum absolute atomic E-state index is 12.4. The summed E-state index contributed by atoms with van der Waals surface area (Å²) in [5, 5.41) is 11.7. The Hall–Kier alpha value is -2.63. The number of nitrogens with zero attached hydrogens (tertiary/aromatic N) is 2. The summed E-state index contributed by atoms with van der Waals surface area (Å²) in [5.74, 6) is -1.40. The summed E-state index contributed by atoms with van der Waals surface area (Å²) in [4.78, 5) is 30.1. The van der Waals surface area contributed by atoms with Crippen molar-refractivity contribution < 1.29 is 19.4 Å². The summed E-state index contributed by atoms with van der Waals surface area (Å²) < 4.78 is 5.38. The van der Waals surface area contributed by atoms with Crippen LogP contribution in [0, 0.1) is 0 Å². The van der Waals surface area contributed by atoms with E-state index in [9.17, 15) is 14.7 Å². The molecular formula is C19H22N2O4. The SMILES string of the molecule is CC(C)(C)OC(=O)N1CCC(c2nccc3ccccc23)[C@@H]1C(=O)O. The van der Waals surface area contributed by atoms with E-state index in [0.29, 0.717) is 13.0 Å². The number of carbonyl (C=O) groups excluding carboxylic acids is 1. The van der Waals surface area contributed by atoms with Crippen molar-refractivity contribution in [3.63, 3.8) is 0 Å². The van der Waals surface area contributed by atoms with Crippen molar-refractivity contribution >= 4 is 22.8 Å². The number of aliphatic carboxylic acids is 1. The number of amides is 1. The van der Waals surface area contributed by atoms with Gasteiger partial charge < -0.3 is 9.84 Å². The van der Waals surface area contributed by atoms with Gasteiger partial charge in [-0.1, -0.05) is 24.3 Å². The predicted molar refractivity (Wildman–Crippen MR) is 93.5 cm³/mol. The molecule has 1 aromatic heterocycles. The Kier molecular flexibility index (Phi) is 4.37. The minimum absolute atomic E-state index is 0.335. The van der Waals surface area contributed by atoms with Gasteiger partial charge in [0.05, 0.1) is 5.69 Å². The average Bonchev–Trinajstić information content (AvgIpc) is 2.98. The molecule has 0 bridgehead atoms. The number of hydrogen-bond donors (Lipinski definition) is 1. The van der Waals surface area contributed by atoms with Crippen molar-refractivity contribution in [2.75, 3.05) is 6.54 Å². The molecule has 2 atom stereocenters. The Morgan fingerprint density at radius 2 is 1.96 bits per heavy atom. The number of carbonyl (C=O) groups is 2. The Labute approximate surface area is 146 Å². The lowest BCUT2D eigenvalue weighted by Gasteiger charge is -2.28. The van der Waals surface area contributed by atoms with Crippen LogP contribution < -0.4 is 0 Å². The van der Waals surface area contributed by atoms with Crippen molar-refractivity contribution in [2.45, 2.75) is 44.8 Å². The van der Waals surface area contributed by atoms with Gasteiger partial charge in [0.15, 0.2) is 0 Å². The molecule has 1 N–H and O–H groups in total. The van der Waals surface area contributed by atoms with E-state index in [4.69, 9.17) is 4.74 Å². The van der Waals surface area contributed by atoms with Crippen molar-refractivity contribution in [1.29, 1.82) is 0 Å². The number of carboxylic acid groups (broad SMARTS) is 1. The smallest absolute Gasteiger partial charge is 0.411 e. The lowest BCUT2D eigenvalue weighted by molar-refractivity contribution is -0.142. The monoisotopic (exact) mass is 342 g/mol. The first-order valence-electron chi connectivity index (χ1n) is 8.34. The van der Waals surface area contributed by atoms with Gasteiger partial charge >= 0.3 is 12.1 Å². The van der Waals surface area contributed by atoms with Gasteiger partial charge in [-0.2, -0.15) is 0 Å². The Morgan fingerprint density at radius 3 is 2.64 bits per heavy atom. The van der Waals surface area contributed by atoms with Crippen LogP contribution in [0.15, 0.2) is 36.5 Å². The molecular weight excluding hydrogens is 320 g/mol. The molecule has 0 spiro atoms. The van der Waals surface area contributed by atoms with E-state index >= 15 is 0 Å². The molecule has 132 valence electrons. The maximum Gasteiger partial charge on any atom is 0.411 e. The molecule has 1 aromatic carbocycles. The van der Waals surface area contributed by atoms with Gasteiger partial charge in [-0.3, -0.25) is 9.88 Å². The van der Waals surface area contributed by atoms with Gasteiger partial charge in [-0.05, 0) is 38.6 Å². The number of aromatic nitrogens is 1. The molecule has 1 fully saturated rings. The van der Waals surface area contributed by atoms with Gasteiger partial charge in [-0.25, -0.2) is 9.59 Å². The van der Waals surface area contributed by atoms with Gasteiger partial charge in [0.25, 0.3) is 0 Å². The summed E-state index contributed by atoms with van der Waals surface area (Å²) in [7, 11) is 0. The second-order valence-corrected chi connectivity index (χ2v) is 7.27. The third kappa shape index (κ3) is 3.43. The largest absolute Gasteiger partial charge is 0.480 e. The second-order valence-electron chi connectivity index (χ2n) is 7.27. The van der Waals surface area contributed by atoms with Crippen LogP contribution >= 0.6 is 0 Å². The van der Waals surface area contributed by atoms with Crippen molar-refractivity contribution in [1.82, 2.24) is 9.88 Å². The number of hydrogen-bond acceptors (Lipinski definition) is 4. The van der Waals surface area contributed by atoms with Crippen LogP contribution in [0.4, 0.5) is 4.79 Å². The van der Waals surface area contributed by atoms with E-state index in [2.05, 4.69) is 4.98 Å². The highest BCUT2D eigenvalue weighted by Crippen LogP contribution is 2.36. The van der Waals surface area contributed by atoms with Gasteiger partial charge in [0.1, 0.15) is 11.6 Å². The van der Waals surface area contributed by atoms with E-state index in [1.54, 1.807) is 27.0 Å². The predicted octanol–water partition coefficient (Wildman–Crippen LogP) is 3.41. The molecule has 0 saturated carbocycles. The number of fused-ring (bicyclic) bond motifs is 1. The third-order valence-electron chi connectivity index (χ3n) is 4.33. The highest BCUT2D eigenvalue weighted by Gasteiger charge is 2.45. The summed E-state index contributed by atoms with van der Waals surface area (Å²) in [6.07, 6.45) is 1.63. The zero-order valence-electron chi connectivity index (χ0n) is 14.6. The van der Waals surface area contributed by atoms with Crippen molar-refractivity contribution in [3.05, 3.63) is 42.2 Å². The number of benzene rings is 1. The highest BCUT2D eigenvalue weighted by molar-refractivity contribution is 5.87. The van der Waals surface area contributed by atoms with Crippen LogP contribution in [0.25, 0.3) is 10.8 Å². The lowest BCUT2D eigenvalue weighted by Crippen LogP contribution is -2.45. The molecule has 1 saturated heterocycles. The summed E-state index contributed by atoms with van der Waals surface area (Å²) in [6, 6.07) is 8.67. The van der Waals surface area contributed by atoms with Crippen molar-refractivity contribution in [2.24, 2.45) is 0 Å². The minimum Gasteiger partial charge on any atom is -0.480 e. The van der Waals surface area contributed by atoms with Crippen LogP contribution in [-0.2, 0) is 9.53 Å². The molecule has 3 rings (SSSR count). The molecule has 2 aromatic rings. The molecule has 0 aliphatic carbocycles. The van der Waals surface area contributed by atoms with Crippen molar-refractivity contribution in [3.8, 4) is 0 Å². The standard InChI is InChI=1S/C19H22N2O4/c1-19(2,3)25-18(24)21-11-9-14(16(21)17(22)23)15-13-7-5-4-6-12(13)8-10-20-15/h4-8,10,14,16H,9,11H2,1-3H3,(H,22,23)/t14?,16-/m1/s1. The number of likely N-dealkylation sites (tertiary alicyclic amines) is 1. The maximum atomic E-state index is 12.4. The fourth-order valence-electron chi connectivity index (χ4n) is 3.35. The van der Waals surface area contributed by atoms with Gasteiger partial charge in [0.2, 0.25) is 0 Å². The van der Waals surface area contributed by atoms with Crippen LogP contribution in [0.3, 0.4) is 0 Å². The van der Waals surface area contributed by atoms with Crippen LogP contribution in [0.1, 0.15) is 38.8 Å². The Balaban J connectivity index is 1.97. The zero-order valence-corrected chi connectivity index (χ0v) is 14.6. The third-order valence-corrected chi connectivity index (χ3v) is 4.33. The number of rotatable bonds is 2. The molecule has 6 nitrogen and oxygen atoms in total. The molecule has 6 heteroatoms. The number of pyridine rings is 1. The van der Waals surface area contributed by atoms with E-state index in [0.717, 1.165) is 16.5 Å². The number of ether oxygens (including phenoxy) is 1. The Morgan fingerprint density at radius 1 is 1.24 bits per heavy atom. The number of carboxylic acids is 1. The quantitative estimate of drug-likeness (QED) is 0.904. The Bertz CT molecular complexity index is 807. The van der Waals surface area contributed by atoms with Crippen LogP contribution in [-0.4, -0.2) is 45.2 Å². The van der Waals surface area contributed by atoms with E-state index < -0.39 is 23.7 Å². The summed E-state index contributed by atoms with van der Waals surface area (Å²) in [6.45, 7) is 5.63. The zero-order chi connectivity index (χ0) is 18.2. The molecule has 1 aliphatic heterocycles. The highest BCUT2D eigenvalue weighted by atomic mass is 16.6. The first-order valence-corrected chi connectivity index (χ1v) is 8.34. The first-order chi connectivity index (χ1) is 11.8. The molecule has 1 unspecified atom stereocenters.